The summed E-state index contributed by atoms with van der Waals surface area (Å²) >= 11 is 0. The number of unbranched alkanes of at least 4 members (excludes halogenated alkanes) is 2. The van der Waals surface area contributed by atoms with Crippen molar-refractivity contribution in [3.63, 3.8) is 0 Å². The van der Waals surface area contributed by atoms with Crippen LogP contribution in [0.1, 0.15) is 36.8 Å². The first kappa shape index (κ1) is 28.2. The third-order valence-corrected chi connectivity index (χ3v) is 4.23. The average molecular weight is 477 g/mol. The van der Waals surface area contributed by atoms with Gasteiger partial charge in [0.05, 0.1) is 26.4 Å². The minimum atomic E-state index is -0.547. The number of benzene rings is 1. The van der Waals surface area contributed by atoms with Crippen LogP contribution in [0.3, 0.4) is 0 Å². The van der Waals surface area contributed by atoms with Crippen LogP contribution >= 0.6 is 0 Å². The zero-order chi connectivity index (χ0) is 25.0. The molecule has 1 rings (SSSR count). The van der Waals surface area contributed by atoms with Crippen molar-refractivity contribution in [1.29, 1.82) is 0 Å². The van der Waals surface area contributed by atoms with Crippen LogP contribution in [0.4, 0.5) is 9.59 Å². The number of carbonyl (C=O) groups is 4. The number of alkyl carbamates (subject to hydrolysis) is 2. The summed E-state index contributed by atoms with van der Waals surface area (Å²) < 4.78 is 19.8. The molecule has 0 fully saturated rings. The summed E-state index contributed by atoms with van der Waals surface area (Å²) in [6.45, 7) is 8.06. The van der Waals surface area contributed by atoms with Crippen LogP contribution < -0.4 is 10.6 Å². The Kier molecular flexibility index (Phi) is 14.7. The normalized spacial score (nSPS) is 9.88. The van der Waals surface area contributed by atoms with Crippen molar-refractivity contribution in [2.75, 3.05) is 26.4 Å². The molecule has 0 unspecified atom stereocenters. The van der Waals surface area contributed by atoms with Gasteiger partial charge in [0, 0.05) is 25.2 Å². The van der Waals surface area contributed by atoms with Crippen molar-refractivity contribution < 1.29 is 38.1 Å². The molecule has 1 aromatic rings. The van der Waals surface area contributed by atoms with Crippen molar-refractivity contribution in [1.82, 2.24) is 10.6 Å². The third kappa shape index (κ3) is 14.3. The summed E-state index contributed by atoms with van der Waals surface area (Å²) in [6.07, 6.45) is 3.39. The monoisotopic (exact) mass is 476 g/mol. The Bertz CT molecular complexity index is 762. The van der Waals surface area contributed by atoms with E-state index < -0.39 is 24.1 Å². The van der Waals surface area contributed by atoms with E-state index in [9.17, 15) is 19.2 Å². The SMILES string of the molecule is C=CC(=O)OCCCCOC(=O)NCc1cccc(CNC(=O)OCCCCOC(=O)C=C)c1. The highest BCUT2D eigenvalue weighted by atomic mass is 16.6. The van der Waals surface area contributed by atoms with Crippen LogP contribution in [0.5, 0.6) is 0 Å². The predicted octanol–water partition coefficient (Wildman–Crippen LogP) is 3.16. The first-order valence-corrected chi connectivity index (χ1v) is 10.9. The number of nitrogens with one attached hydrogen (secondary N) is 2. The van der Waals surface area contributed by atoms with Gasteiger partial charge < -0.3 is 29.6 Å². The van der Waals surface area contributed by atoms with Crippen molar-refractivity contribution in [3.05, 3.63) is 60.7 Å². The zero-order valence-corrected chi connectivity index (χ0v) is 19.2. The first-order chi connectivity index (χ1) is 16.4. The van der Waals surface area contributed by atoms with E-state index in [0.717, 1.165) is 23.3 Å². The lowest BCUT2D eigenvalue weighted by molar-refractivity contribution is -0.138. The minimum absolute atomic E-state index is 0.212. The second-order valence-electron chi connectivity index (χ2n) is 6.96. The van der Waals surface area contributed by atoms with Crippen molar-refractivity contribution in [3.8, 4) is 0 Å². The zero-order valence-electron chi connectivity index (χ0n) is 19.2. The van der Waals surface area contributed by atoms with Gasteiger partial charge in [0.15, 0.2) is 0 Å². The van der Waals surface area contributed by atoms with E-state index in [1.54, 1.807) is 0 Å². The third-order valence-electron chi connectivity index (χ3n) is 4.23. The number of carbonyl (C=O) groups excluding carboxylic acids is 4. The highest BCUT2D eigenvalue weighted by molar-refractivity contribution is 5.81. The van der Waals surface area contributed by atoms with Gasteiger partial charge in [-0.1, -0.05) is 37.4 Å². The number of ether oxygens (including phenoxy) is 4. The Morgan fingerprint density at radius 1 is 0.676 bits per heavy atom. The Labute approximate surface area is 199 Å². The van der Waals surface area contributed by atoms with Crippen LogP contribution in [0.25, 0.3) is 0 Å². The lowest BCUT2D eigenvalue weighted by Gasteiger charge is -2.10. The lowest BCUT2D eigenvalue weighted by atomic mass is 10.1. The molecule has 0 radical (unpaired) electrons. The molecule has 1 aromatic carbocycles. The van der Waals surface area contributed by atoms with Crippen molar-refractivity contribution >= 4 is 24.1 Å². The van der Waals surface area contributed by atoms with Crippen LogP contribution in [0, 0.1) is 0 Å². The Morgan fingerprint density at radius 3 is 1.44 bits per heavy atom. The number of rotatable bonds is 16. The smallest absolute Gasteiger partial charge is 0.407 e. The lowest BCUT2D eigenvalue weighted by Crippen LogP contribution is -2.25. The summed E-state index contributed by atoms with van der Waals surface area (Å²) in [6, 6.07) is 7.35. The number of hydrogen-bond donors (Lipinski definition) is 2. The van der Waals surface area contributed by atoms with E-state index in [2.05, 4.69) is 23.8 Å². The van der Waals surface area contributed by atoms with Gasteiger partial charge in [-0.3, -0.25) is 0 Å². The summed E-state index contributed by atoms with van der Waals surface area (Å²) in [4.78, 5) is 45.4. The predicted molar refractivity (Wildman–Crippen MR) is 124 cm³/mol. The van der Waals surface area contributed by atoms with E-state index >= 15 is 0 Å². The molecule has 34 heavy (non-hydrogen) atoms. The average Bonchev–Trinajstić information content (AvgIpc) is 2.85. The van der Waals surface area contributed by atoms with E-state index in [1.165, 1.54) is 0 Å². The van der Waals surface area contributed by atoms with Crippen molar-refractivity contribution in [2.24, 2.45) is 0 Å². The molecule has 0 bridgehead atoms. The van der Waals surface area contributed by atoms with Gasteiger partial charge in [-0.15, -0.1) is 0 Å². The quantitative estimate of drug-likeness (QED) is 0.161. The van der Waals surface area contributed by atoms with Gasteiger partial charge in [-0.2, -0.15) is 0 Å². The number of amides is 2. The molecule has 0 aromatic heterocycles. The standard InChI is InChI=1S/C24H32N2O8/c1-3-21(27)31-12-5-7-14-33-23(29)25-17-19-10-9-11-20(16-19)18-26-24(30)34-15-8-6-13-32-22(28)4-2/h3-4,9-11,16H,1-2,5-8,12-15,17-18H2,(H,25,29)(H,26,30). The molecule has 0 aliphatic carbocycles. The van der Waals surface area contributed by atoms with Gasteiger partial charge in [-0.05, 0) is 36.8 Å². The first-order valence-electron chi connectivity index (χ1n) is 10.9. The largest absolute Gasteiger partial charge is 0.463 e. The molecule has 0 aliphatic heterocycles. The van der Waals surface area contributed by atoms with Crippen LogP contribution in [-0.2, 0) is 41.6 Å². The number of esters is 2. The molecule has 0 spiro atoms. The Balaban J connectivity index is 2.17. The molecule has 10 heteroatoms. The fourth-order valence-electron chi connectivity index (χ4n) is 2.50. The van der Waals surface area contributed by atoms with E-state index in [-0.39, 0.29) is 39.5 Å². The molecule has 0 aliphatic rings. The Morgan fingerprint density at radius 2 is 1.06 bits per heavy atom. The molecule has 0 saturated carbocycles. The highest BCUT2D eigenvalue weighted by Gasteiger charge is 2.05. The minimum Gasteiger partial charge on any atom is -0.463 e. The van der Waals surface area contributed by atoms with Gasteiger partial charge in [0.1, 0.15) is 0 Å². The maximum atomic E-state index is 11.8. The molecule has 186 valence electrons. The van der Waals surface area contributed by atoms with Gasteiger partial charge in [0.25, 0.3) is 0 Å². The van der Waals surface area contributed by atoms with E-state index in [0.29, 0.717) is 25.7 Å². The molecular weight excluding hydrogens is 444 g/mol. The molecule has 0 heterocycles. The maximum absolute atomic E-state index is 11.8. The van der Waals surface area contributed by atoms with Gasteiger partial charge in [-0.25, -0.2) is 19.2 Å². The fraction of sp³-hybridized carbons (Fsp3) is 0.417. The van der Waals surface area contributed by atoms with E-state index in [4.69, 9.17) is 18.9 Å². The van der Waals surface area contributed by atoms with Crippen molar-refractivity contribution in [2.45, 2.75) is 38.8 Å². The second kappa shape index (κ2) is 17.7. The summed E-state index contributed by atoms with van der Waals surface area (Å²) in [5.41, 5.74) is 1.69. The summed E-state index contributed by atoms with van der Waals surface area (Å²) in [7, 11) is 0. The molecule has 2 N–H and O–H groups in total. The number of hydrogen-bond acceptors (Lipinski definition) is 8. The van der Waals surface area contributed by atoms with Gasteiger partial charge in [0.2, 0.25) is 0 Å². The van der Waals surface area contributed by atoms with Gasteiger partial charge >= 0.3 is 24.1 Å². The maximum Gasteiger partial charge on any atom is 0.407 e. The van der Waals surface area contributed by atoms with Crippen LogP contribution in [0.15, 0.2) is 49.6 Å². The fourth-order valence-corrected chi connectivity index (χ4v) is 2.50. The molecule has 2 amide bonds. The van der Waals surface area contributed by atoms with Crippen LogP contribution in [-0.4, -0.2) is 50.6 Å². The molecular formula is C24H32N2O8. The topological polar surface area (TPSA) is 129 Å². The second-order valence-corrected chi connectivity index (χ2v) is 6.96. The molecule has 10 nitrogen and oxygen atoms in total. The summed E-state index contributed by atoms with van der Waals surface area (Å²) in [5, 5.41) is 5.31. The molecule has 0 atom stereocenters. The Hall–Kier alpha value is -3.82. The highest BCUT2D eigenvalue weighted by Crippen LogP contribution is 2.06. The van der Waals surface area contributed by atoms with E-state index in [1.807, 2.05) is 24.3 Å². The van der Waals surface area contributed by atoms with Crippen LogP contribution in [0.2, 0.25) is 0 Å². The summed E-state index contributed by atoms with van der Waals surface area (Å²) in [5.74, 6) is -0.956. The molecule has 0 saturated heterocycles.